The summed E-state index contributed by atoms with van der Waals surface area (Å²) in [4.78, 5) is 31.7. The number of amides is 2. The Bertz CT molecular complexity index is 1250. The van der Waals surface area contributed by atoms with E-state index < -0.39 is 12.1 Å². The Kier molecular flexibility index (Phi) is 15.0. The van der Waals surface area contributed by atoms with Crippen LogP contribution in [-0.2, 0) is 22.4 Å². The minimum Gasteiger partial charge on any atom is -0.335 e. The Morgan fingerprint density at radius 2 is 1.32 bits per heavy atom. The van der Waals surface area contributed by atoms with Crippen molar-refractivity contribution in [1.82, 2.24) is 15.1 Å². The zero-order valence-electron chi connectivity index (χ0n) is 25.6. The van der Waals surface area contributed by atoms with Crippen LogP contribution in [0.25, 0.3) is 0 Å². The average Bonchev–Trinajstić information content (AvgIpc) is 2.97. The molecule has 2 aromatic carbocycles. The molecule has 44 heavy (non-hydrogen) atoms. The van der Waals surface area contributed by atoms with E-state index in [-0.39, 0.29) is 36.7 Å². The molecular weight excluding hydrogens is 642 g/mol. The molecule has 1 fully saturated rings. The number of rotatable bonds is 15. The van der Waals surface area contributed by atoms with Crippen LogP contribution in [0.1, 0.15) is 50.7 Å². The molecule has 0 bridgehead atoms. The van der Waals surface area contributed by atoms with Crippen LogP contribution in [0.4, 0.5) is 0 Å². The summed E-state index contributed by atoms with van der Waals surface area (Å²) in [6.07, 6.45) is 3.80. The zero-order chi connectivity index (χ0) is 32.4. The molecule has 7 N–H and O–H groups in total. The third-order valence-corrected chi connectivity index (χ3v) is 9.19. The molecule has 2 unspecified atom stereocenters. The maximum Gasteiger partial charge on any atom is 0.240 e. The summed E-state index contributed by atoms with van der Waals surface area (Å²) in [5.74, 6) is -0.0121. The largest absolute Gasteiger partial charge is 0.335 e. The number of nitrogens with zero attached hydrogens (tertiary/aromatic N) is 2. The van der Waals surface area contributed by atoms with Gasteiger partial charge in [-0.3, -0.25) is 9.59 Å². The third-order valence-electron chi connectivity index (χ3n) is 8.01. The Labute approximate surface area is 281 Å². The van der Waals surface area contributed by atoms with E-state index in [1.165, 1.54) is 0 Å². The topological polar surface area (TPSA) is 131 Å². The number of hydrogen-bond acceptors (Lipinski definition) is 6. The van der Waals surface area contributed by atoms with Crippen molar-refractivity contribution in [2.24, 2.45) is 23.1 Å². The highest BCUT2D eigenvalue weighted by atomic mass is 35.5. The lowest BCUT2D eigenvalue weighted by molar-refractivity contribution is -0.149. The van der Waals surface area contributed by atoms with Crippen LogP contribution in [-0.4, -0.2) is 78.5 Å². The fourth-order valence-electron chi connectivity index (χ4n) is 5.79. The van der Waals surface area contributed by atoms with E-state index in [0.717, 1.165) is 49.9 Å². The van der Waals surface area contributed by atoms with Crippen molar-refractivity contribution in [2.45, 2.75) is 76.5 Å². The Balaban J connectivity index is 1.82. The van der Waals surface area contributed by atoms with Crippen LogP contribution in [0.3, 0.4) is 0 Å². The molecule has 12 heteroatoms. The van der Waals surface area contributed by atoms with Crippen molar-refractivity contribution in [2.75, 3.05) is 32.7 Å². The number of benzene rings is 2. The number of piperazine rings is 1. The lowest BCUT2D eigenvalue weighted by Crippen LogP contribution is -2.65. The summed E-state index contributed by atoms with van der Waals surface area (Å²) < 4.78 is 0. The van der Waals surface area contributed by atoms with Gasteiger partial charge in [-0.25, -0.2) is 0 Å². The molecule has 1 saturated heterocycles. The molecule has 3 rings (SSSR count). The number of halogens is 4. The number of unbranched alkanes of at least 4 members (excludes halogenated alkanes) is 1. The first-order valence-corrected chi connectivity index (χ1v) is 16.8. The molecule has 8 nitrogen and oxygen atoms in total. The smallest absolute Gasteiger partial charge is 0.240 e. The maximum atomic E-state index is 14.0. The summed E-state index contributed by atoms with van der Waals surface area (Å²) in [5, 5.41) is 5.31. The SMILES string of the molecule is CC(C)C[C@H]1CN(C(=O)C(N)Cc2ccc(Cl)cc2Cl)[C@H](CCCCNCCN)CN1C(=O)C(N)Cc1ccc(Cl)cc1Cl. The highest BCUT2D eigenvalue weighted by molar-refractivity contribution is 6.35. The lowest BCUT2D eigenvalue weighted by Gasteiger charge is -2.48. The summed E-state index contributed by atoms with van der Waals surface area (Å²) in [6, 6.07) is 8.40. The van der Waals surface area contributed by atoms with Gasteiger partial charge in [-0.15, -0.1) is 0 Å². The predicted molar refractivity (Wildman–Crippen MR) is 183 cm³/mol. The monoisotopic (exact) mass is 686 g/mol. The average molecular weight is 689 g/mol. The first kappa shape index (κ1) is 36.8. The van der Waals surface area contributed by atoms with E-state index in [9.17, 15) is 9.59 Å². The Morgan fingerprint density at radius 1 is 0.818 bits per heavy atom. The van der Waals surface area contributed by atoms with Gasteiger partial charge in [0, 0.05) is 58.4 Å². The number of nitrogens with two attached hydrogens (primary N) is 3. The van der Waals surface area contributed by atoms with Crippen molar-refractivity contribution in [1.29, 1.82) is 0 Å². The Morgan fingerprint density at radius 3 is 1.80 bits per heavy atom. The second kappa shape index (κ2) is 17.9. The molecule has 0 aromatic heterocycles. The van der Waals surface area contributed by atoms with E-state index in [4.69, 9.17) is 63.6 Å². The minimum atomic E-state index is -0.793. The molecule has 1 heterocycles. The van der Waals surface area contributed by atoms with Gasteiger partial charge in [0.25, 0.3) is 0 Å². The van der Waals surface area contributed by atoms with Crippen molar-refractivity contribution < 1.29 is 9.59 Å². The zero-order valence-corrected chi connectivity index (χ0v) is 28.6. The second-order valence-corrected chi connectivity index (χ2v) is 13.7. The number of nitrogens with one attached hydrogen (secondary N) is 1. The molecule has 244 valence electrons. The number of hydrogen-bond donors (Lipinski definition) is 4. The summed E-state index contributed by atoms with van der Waals surface area (Å²) in [5.41, 5.74) is 20.2. The van der Waals surface area contributed by atoms with Crippen molar-refractivity contribution in [3.63, 3.8) is 0 Å². The summed E-state index contributed by atoms with van der Waals surface area (Å²) in [6.45, 7) is 7.15. The Hall–Kier alpha value is -1.62. The van der Waals surface area contributed by atoms with Crippen molar-refractivity contribution in [3.05, 3.63) is 67.6 Å². The van der Waals surface area contributed by atoms with Gasteiger partial charge in [0.2, 0.25) is 11.8 Å². The molecule has 0 spiro atoms. The molecule has 4 atom stereocenters. The molecule has 0 aliphatic carbocycles. The van der Waals surface area contributed by atoms with Crippen LogP contribution in [0.15, 0.2) is 36.4 Å². The van der Waals surface area contributed by atoms with Crippen LogP contribution in [0, 0.1) is 5.92 Å². The standard InChI is InChI=1S/C32H46Cl4N6O2/c1-20(2)13-26-19-41(31(43)29(38)14-21-6-8-23(33)16-27(21)35)25(5-3-4-11-40-12-10-37)18-42(26)32(44)30(39)15-22-7-9-24(34)17-28(22)36/h6-9,16-17,20,25-26,29-30,40H,3-5,10-15,18-19,37-39H2,1-2H3/t25-,26+,29?,30?/m1/s1. The summed E-state index contributed by atoms with van der Waals surface area (Å²) >= 11 is 24.9. The quantitative estimate of drug-likeness (QED) is 0.197. The lowest BCUT2D eigenvalue weighted by atomic mass is 9.93. The van der Waals surface area contributed by atoms with Gasteiger partial charge in [-0.1, -0.05) is 78.8 Å². The fourth-order valence-corrected chi connectivity index (χ4v) is 6.76. The summed E-state index contributed by atoms with van der Waals surface area (Å²) in [7, 11) is 0. The number of carbonyl (C=O) groups excluding carboxylic acids is 2. The van der Waals surface area contributed by atoms with Gasteiger partial charge in [-0.05, 0) is 80.0 Å². The van der Waals surface area contributed by atoms with Gasteiger partial charge >= 0.3 is 0 Å². The molecule has 2 amide bonds. The highest BCUT2D eigenvalue weighted by Crippen LogP contribution is 2.28. The van der Waals surface area contributed by atoms with Crippen LogP contribution >= 0.6 is 46.4 Å². The van der Waals surface area contributed by atoms with Crippen LogP contribution < -0.4 is 22.5 Å². The van der Waals surface area contributed by atoms with Gasteiger partial charge in [0.05, 0.1) is 12.1 Å². The van der Waals surface area contributed by atoms with Crippen LogP contribution in [0.2, 0.25) is 20.1 Å². The van der Waals surface area contributed by atoms with E-state index >= 15 is 0 Å². The first-order valence-electron chi connectivity index (χ1n) is 15.3. The van der Waals surface area contributed by atoms with E-state index in [1.807, 2.05) is 9.80 Å². The normalized spacial score (nSPS) is 18.5. The van der Waals surface area contributed by atoms with E-state index in [1.54, 1.807) is 36.4 Å². The fraction of sp³-hybridized carbons (Fsp3) is 0.562. The van der Waals surface area contributed by atoms with Gasteiger partial charge < -0.3 is 32.3 Å². The predicted octanol–water partition coefficient (Wildman–Crippen LogP) is 4.91. The van der Waals surface area contributed by atoms with Crippen molar-refractivity contribution in [3.8, 4) is 0 Å². The highest BCUT2D eigenvalue weighted by Gasteiger charge is 2.41. The molecule has 0 radical (unpaired) electrons. The third kappa shape index (κ3) is 10.7. The molecule has 0 saturated carbocycles. The molecular formula is C32H46Cl4N6O2. The van der Waals surface area contributed by atoms with Gasteiger partial charge in [0.15, 0.2) is 0 Å². The van der Waals surface area contributed by atoms with Gasteiger partial charge in [-0.2, -0.15) is 0 Å². The van der Waals surface area contributed by atoms with Crippen LogP contribution in [0.5, 0.6) is 0 Å². The van der Waals surface area contributed by atoms with Crippen molar-refractivity contribution >= 4 is 58.2 Å². The number of carbonyl (C=O) groups is 2. The second-order valence-electron chi connectivity index (χ2n) is 12.0. The minimum absolute atomic E-state index is 0.152. The first-order chi connectivity index (χ1) is 20.9. The van der Waals surface area contributed by atoms with Gasteiger partial charge in [0.1, 0.15) is 0 Å². The van der Waals surface area contributed by atoms with E-state index in [0.29, 0.717) is 45.6 Å². The maximum absolute atomic E-state index is 14.0. The molecule has 1 aliphatic heterocycles. The molecule has 2 aromatic rings. The van der Waals surface area contributed by atoms with E-state index in [2.05, 4.69) is 19.2 Å². The molecule has 1 aliphatic rings.